The van der Waals surface area contributed by atoms with Crippen LogP contribution >= 0.6 is 11.6 Å². The number of carbonyl (C=O) groups excluding carboxylic acids is 1. The maximum Gasteiger partial charge on any atom is 0.253 e. The van der Waals surface area contributed by atoms with Gasteiger partial charge in [0.1, 0.15) is 0 Å². The minimum Gasteiger partial charge on any atom is -0.343 e. The molecule has 0 aliphatic rings. The van der Waals surface area contributed by atoms with Crippen LogP contribution in [0, 0.1) is 6.92 Å². The van der Waals surface area contributed by atoms with E-state index in [1.54, 1.807) is 6.07 Å². The Morgan fingerprint density at radius 1 is 1.09 bits per heavy atom. The summed E-state index contributed by atoms with van der Waals surface area (Å²) in [4.78, 5) is 12.7. The first-order chi connectivity index (χ1) is 10.9. The summed E-state index contributed by atoms with van der Waals surface area (Å²) in [7, 11) is 1.89. The van der Waals surface area contributed by atoms with Gasteiger partial charge in [0, 0.05) is 5.54 Å². The zero-order valence-corrected chi connectivity index (χ0v) is 14.7. The number of hydrogen-bond acceptors (Lipinski definition) is 2. The van der Waals surface area contributed by atoms with Crippen molar-refractivity contribution in [2.45, 2.75) is 32.4 Å². The molecule has 0 spiro atoms. The first kappa shape index (κ1) is 17.5. The molecule has 1 amide bonds. The molecule has 0 fully saturated rings. The number of nitrogens with one attached hydrogen (secondary N) is 2. The van der Waals surface area contributed by atoms with E-state index in [1.165, 1.54) is 0 Å². The van der Waals surface area contributed by atoms with E-state index in [-0.39, 0.29) is 17.5 Å². The van der Waals surface area contributed by atoms with Gasteiger partial charge in [-0.1, -0.05) is 54.1 Å². The maximum absolute atomic E-state index is 12.7. The lowest BCUT2D eigenvalue weighted by Crippen LogP contribution is -2.50. The Kier molecular flexibility index (Phi) is 5.45. The second kappa shape index (κ2) is 7.16. The number of amides is 1. The van der Waals surface area contributed by atoms with Crippen LogP contribution in [0.5, 0.6) is 0 Å². The average Bonchev–Trinajstić information content (AvgIpc) is 2.55. The van der Waals surface area contributed by atoms with Crippen molar-refractivity contribution < 1.29 is 4.79 Å². The Morgan fingerprint density at radius 2 is 1.74 bits per heavy atom. The summed E-state index contributed by atoms with van der Waals surface area (Å²) in [6.45, 7) is 6.01. The molecule has 0 saturated carbocycles. The number of aryl methyl sites for hydroxylation is 1. The summed E-state index contributed by atoms with van der Waals surface area (Å²) in [5.74, 6) is -0.170. The van der Waals surface area contributed by atoms with Crippen LogP contribution in [0.15, 0.2) is 48.5 Å². The fourth-order valence-electron chi connectivity index (χ4n) is 2.50. The predicted octanol–water partition coefficient (Wildman–Crippen LogP) is 4.12. The molecule has 23 heavy (non-hydrogen) atoms. The highest BCUT2D eigenvalue weighted by molar-refractivity contribution is 6.34. The molecule has 0 radical (unpaired) electrons. The van der Waals surface area contributed by atoms with Gasteiger partial charge in [0.05, 0.1) is 16.6 Å². The van der Waals surface area contributed by atoms with Crippen LogP contribution in [-0.2, 0) is 0 Å². The Hall–Kier alpha value is -1.84. The van der Waals surface area contributed by atoms with Crippen molar-refractivity contribution in [1.29, 1.82) is 0 Å². The fourth-order valence-corrected chi connectivity index (χ4v) is 2.71. The normalized spacial score (nSPS) is 12.7. The van der Waals surface area contributed by atoms with Crippen molar-refractivity contribution in [2.75, 3.05) is 7.05 Å². The van der Waals surface area contributed by atoms with Gasteiger partial charge in [0.2, 0.25) is 0 Å². The van der Waals surface area contributed by atoms with E-state index >= 15 is 0 Å². The van der Waals surface area contributed by atoms with Gasteiger partial charge in [-0.05, 0) is 45.0 Å². The number of halogens is 1. The molecule has 2 aromatic carbocycles. The number of likely N-dealkylation sites (N-methyl/N-ethyl adjacent to an activating group) is 1. The van der Waals surface area contributed by atoms with Crippen LogP contribution in [-0.4, -0.2) is 18.5 Å². The minimum atomic E-state index is -0.312. The van der Waals surface area contributed by atoms with Gasteiger partial charge in [-0.3, -0.25) is 4.79 Å². The van der Waals surface area contributed by atoms with Crippen molar-refractivity contribution in [2.24, 2.45) is 0 Å². The molecule has 2 N–H and O–H groups in total. The van der Waals surface area contributed by atoms with E-state index in [2.05, 4.69) is 24.5 Å². The van der Waals surface area contributed by atoms with Gasteiger partial charge in [0.15, 0.2) is 0 Å². The lowest BCUT2D eigenvalue weighted by Gasteiger charge is -2.35. The number of rotatable bonds is 5. The third-order valence-corrected chi connectivity index (χ3v) is 4.71. The number of carbonyl (C=O) groups is 1. The van der Waals surface area contributed by atoms with Crippen LogP contribution in [0.1, 0.15) is 41.4 Å². The molecule has 0 bridgehead atoms. The topological polar surface area (TPSA) is 41.1 Å². The van der Waals surface area contributed by atoms with Crippen molar-refractivity contribution in [3.63, 3.8) is 0 Å². The van der Waals surface area contributed by atoms with Gasteiger partial charge in [0.25, 0.3) is 5.91 Å². The Morgan fingerprint density at radius 3 is 2.35 bits per heavy atom. The predicted molar refractivity (Wildman–Crippen MR) is 96.0 cm³/mol. The average molecular weight is 331 g/mol. The first-order valence-corrected chi connectivity index (χ1v) is 8.04. The van der Waals surface area contributed by atoms with E-state index in [0.29, 0.717) is 10.6 Å². The highest BCUT2D eigenvalue weighted by Crippen LogP contribution is 2.27. The first-order valence-electron chi connectivity index (χ1n) is 7.66. The third-order valence-electron chi connectivity index (χ3n) is 4.21. The lowest BCUT2D eigenvalue weighted by atomic mass is 9.88. The zero-order valence-electron chi connectivity index (χ0n) is 14.0. The van der Waals surface area contributed by atoms with Gasteiger partial charge < -0.3 is 10.6 Å². The Bertz CT molecular complexity index is 683. The van der Waals surface area contributed by atoms with Crippen LogP contribution < -0.4 is 10.6 Å². The molecule has 1 atom stereocenters. The molecule has 2 aromatic rings. The summed E-state index contributed by atoms with van der Waals surface area (Å²) < 4.78 is 0. The molecule has 4 heteroatoms. The monoisotopic (exact) mass is 330 g/mol. The standard InChI is InChI=1S/C19H23ClN2O/c1-13-9-8-12-15(16(13)20)18(23)22-17(19(2,3)21-4)14-10-6-5-7-11-14/h5-12,17,21H,1-4H3,(H,22,23). The molecular formula is C19H23ClN2O. The van der Waals surface area contributed by atoms with Crippen molar-refractivity contribution >= 4 is 17.5 Å². The van der Waals surface area contributed by atoms with Crippen LogP contribution in [0.25, 0.3) is 0 Å². The largest absolute Gasteiger partial charge is 0.343 e. The van der Waals surface area contributed by atoms with E-state index in [0.717, 1.165) is 11.1 Å². The smallest absolute Gasteiger partial charge is 0.253 e. The fraction of sp³-hybridized carbons (Fsp3) is 0.316. The SMILES string of the molecule is CNC(C)(C)C(NC(=O)c1cccc(C)c1Cl)c1ccccc1. The molecule has 3 nitrogen and oxygen atoms in total. The van der Waals surface area contributed by atoms with Gasteiger partial charge in [-0.15, -0.1) is 0 Å². The Balaban J connectivity index is 2.35. The van der Waals surface area contributed by atoms with Crippen LogP contribution in [0.4, 0.5) is 0 Å². The minimum absolute atomic E-state index is 0.170. The van der Waals surface area contributed by atoms with Crippen molar-refractivity contribution in [1.82, 2.24) is 10.6 Å². The molecule has 0 aliphatic carbocycles. The Labute approximate surface area is 143 Å². The van der Waals surface area contributed by atoms with Gasteiger partial charge >= 0.3 is 0 Å². The summed E-state index contributed by atoms with van der Waals surface area (Å²) in [6.07, 6.45) is 0. The molecule has 0 heterocycles. The molecule has 2 rings (SSSR count). The van der Waals surface area contributed by atoms with Crippen LogP contribution in [0.3, 0.4) is 0 Å². The quantitative estimate of drug-likeness (QED) is 0.866. The van der Waals surface area contributed by atoms with E-state index in [9.17, 15) is 4.79 Å². The summed E-state index contributed by atoms with van der Waals surface area (Å²) in [5.41, 5.74) is 2.12. The number of hydrogen-bond donors (Lipinski definition) is 2. The van der Waals surface area contributed by atoms with Crippen molar-refractivity contribution in [3.05, 3.63) is 70.2 Å². The highest BCUT2D eigenvalue weighted by atomic mass is 35.5. The zero-order chi connectivity index (χ0) is 17.0. The second-order valence-electron chi connectivity index (χ2n) is 6.23. The highest BCUT2D eigenvalue weighted by Gasteiger charge is 2.31. The second-order valence-corrected chi connectivity index (χ2v) is 6.60. The molecule has 1 unspecified atom stereocenters. The summed E-state index contributed by atoms with van der Waals surface area (Å²) in [5, 5.41) is 6.90. The van der Waals surface area contributed by atoms with Crippen LogP contribution in [0.2, 0.25) is 5.02 Å². The number of benzene rings is 2. The molecule has 0 aliphatic heterocycles. The molecule has 0 saturated heterocycles. The summed E-state index contributed by atoms with van der Waals surface area (Å²) in [6, 6.07) is 15.2. The van der Waals surface area contributed by atoms with Gasteiger partial charge in [-0.25, -0.2) is 0 Å². The summed E-state index contributed by atoms with van der Waals surface area (Å²) >= 11 is 6.29. The lowest BCUT2D eigenvalue weighted by molar-refractivity contribution is 0.0912. The molecule has 122 valence electrons. The van der Waals surface area contributed by atoms with E-state index in [4.69, 9.17) is 11.6 Å². The maximum atomic E-state index is 12.7. The van der Waals surface area contributed by atoms with Crippen molar-refractivity contribution in [3.8, 4) is 0 Å². The van der Waals surface area contributed by atoms with E-state index < -0.39 is 0 Å². The van der Waals surface area contributed by atoms with Gasteiger partial charge in [-0.2, -0.15) is 0 Å². The van der Waals surface area contributed by atoms with E-state index in [1.807, 2.05) is 56.4 Å². The molecular weight excluding hydrogens is 308 g/mol. The third kappa shape index (κ3) is 3.92. The molecule has 0 aromatic heterocycles.